The number of hydrogen-bond acceptors (Lipinski definition) is 5. The molecule has 0 aromatic heterocycles. The van der Waals surface area contributed by atoms with Crippen LogP contribution in [-0.4, -0.2) is 25.1 Å². The highest BCUT2D eigenvalue weighted by molar-refractivity contribution is 6.26. The van der Waals surface area contributed by atoms with Crippen LogP contribution in [0.1, 0.15) is 6.92 Å². The summed E-state index contributed by atoms with van der Waals surface area (Å²) in [5.41, 5.74) is 6.75. The Morgan fingerprint density at radius 1 is 1.53 bits per heavy atom. The Morgan fingerprint density at radius 3 is 2.65 bits per heavy atom. The highest BCUT2D eigenvalue weighted by Gasteiger charge is 2.03. The van der Waals surface area contributed by atoms with Crippen LogP contribution in [0.2, 0.25) is 0 Å². The van der Waals surface area contributed by atoms with E-state index in [1.54, 1.807) is 0 Å². The molecule has 4 N–H and O–H groups in total. The van der Waals surface area contributed by atoms with Gasteiger partial charge in [-0.2, -0.15) is 0 Å². The number of hydrogen-bond donors (Lipinski definition) is 3. The van der Waals surface area contributed by atoms with E-state index in [0.29, 0.717) is 6.29 Å². The third-order valence-electron chi connectivity index (χ3n) is 1.47. The summed E-state index contributed by atoms with van der Waals surface area (Å²) in [4.78, 5) is 10.2. The number of carbonyl (C=O) groups excluding carboxylic acids is 1. The number of allylic oxidation sites excluding steroid dienone is 1. The van der Waals surface area contributed by atoms with Crippen molar-refractivity contribution in [1.29, 1.82) is 0 Å². The van der Waals surface area contributed by atoms with E-state index in [9.17, 15) is 9.28 Å². The molecule has 7 nitrogen and oxygen atoms in total. The Bertz CT molecular complexity index is 376. The standard InChI is InChI=1S/C9H14FN5O2/c1-6(13-10)4-12-9(7(2)17-3)15-14-8(11)5-16/h4-5,13H,2H2,1,3H3,(H2,11,14)(H,12,15)/b6-4-. The maximum Gasteiger partial charge on any atom is 0.194 e. The summed E-state index contributed by atoms with van der Waals surface area (Å²) >= 11 is 0. The van der Waals surface area contributed by atoms with Crippen molar-refractivity contribution in [3.05, 3.63) is 24.2 Å². The third-order valence-corrected chi connectivity index (χ3v) is 1.47. The molecule has 0 rings (SSSR count). The molecule has 0 aliphatic rings. The zero-order valence-corrected chi connectivity index (χ0v) is 9.53. The average molecular weight is 243 g/mol. The van der Waals surface area contributed by atoms with Crippen LogP contribution in [0.25, 0.3) is 0 Å². The minimum Gasteiger partial charge on any atom is -0.493 e. The molecule has 0 atom stereocenters. The molecule has 8 heteroatoms. The maximum atomic E-state index is 11.9. The molecule has 0 aliphatic carbocycles. The summed E-state index contributed by atoms with van der Waals surface area (Å²) in [5, 5.41) is 9.56. The summed E-state index contributed by atoms with van der Waals surface area (Å²) in [6.45, 7) is 5.00. The van der Waals surface area contributed by atoms with Crippen molar-refractivity contribution in [3.8, 4) is 0 Å². The Morgan fingerprint density at radius 2 is 2.18 bits per heavy atom. The fourth-order valence-corrected chi connectivity index (χ4v) is 0.597. The molecular formula is C9H14FN5O2. The number of nitrogens with one attached hydrogen (secondary N) is 2. The summed E-state index contributed by atoms with van der Waals surface area (Å²) in [7, 11) is 1.37. The van der Waals surface area contributed by atoms with Crippen molar-refractivity contribution in [2.24, 2.45) is 15.9 Å². The number of halogens is 1. The lowest BCUT2D eigenvalue weighted by Crippen LogP contribution is -2.22. The Balaban J connectivity index is 4.89. The topological polar surface area (TPSA) is 101 Å². The fraction of sp³-hybridized carbons (Fsp3) is 0.222. The zero-order valence-electron chi connectivity index (χ0n) is 9.53. The smallest absolute Gasteiger partial charge is 0.194 e. The van der Waals surface area contributed by atoms with Crippen LogP contribution in [0.15, 0.2) is 34.4 Å². The maximum absolute atomic E-state index is 11.9. The molecule has 0 aromatic carbocycles. The van der Waals surface area contributed by atoms with Crippen molar-refractivity contribution in [2.45, 2.75) is 6.92 Å². The Kier molecular flexibility index (Phi) is 6.75. The van der Waals surface area contributed by atoms with E-state index in [4.69, 9.17) is 10.5 Å². The first kappa shape index (κ1) is 14.6. The van der Waals surface area contributed by atoms with E-state index < -0.39 is 0 Å². The van der Waals surface area contributed by atoms with Crippen molar-refractivity contribution in [2.75, 3.05) is 7.11 Å². The third kappa shape index (κ3) is 5.92. The summed E-state index contributed by atoms with van der Waals surface area (Å²) < 4.78 is 16.8. The van der Waals surface area contributed by atoms with Gasteiger partial charge in [-0.25, -0.2) is 5.54 Å². The van der Waals surface area contributed by atoms with E-state index >= 15 is 0 Å². The number of nitrogens with two attached hydrogens (primary N) is 1. The van der Waals surface area contributed by atoms with E-state index in [1.807, 2.05) is 0 Å². The molecule has 0 saturated carbocycles. The zero-order chi connectivity index (χ0) is 13.3. The van der Waals surface area contributed by atoms with Gasteiger partial charge in [0, 0.05) is 6.20 Å². The van der Waals surface area contributed by atoms with Gasteiger partial charge in [0.15, 0.2) is 23.7 Å². The second kappa shape index (κ2) is 7.85. The van der Waals surface area contributed by atoms with Gasteiger partial charge in [0.25, 0.3) is 0 Å². The number of aldehydes is 1. The van der Waals surface area contributed by atoms with Crippen molar-refractivity contribution in [3.63, 3.8) is 0 Å². The van der Waals surface area contributed by atoms with Gasteiger partial charge < -0.3 is 15.8 Å². The molecular weight excluding hydrogens is 229 g/mol. The first-order chi connectivity index (χ1) is 8.04. The van der Waals surface area contributed by atoms with E-state index in [-0.39, 0.29) is 23.1 Å². The Labute approximate surface area is 97.9 Å². The highest BCUT2D eigenvalue weighted by atomic mass is 19.2. The van der Waals surface area contributed by atoms with E-state index in [0.717, 1.165) is 0 Å². The number of ether oxygens (including phenoxy) is 1. The second-order valence-electron chi connectivity index (χ2n) is 2.78. The molecule has 0 aliphatic heterocycles. The van der Waals surface area contributed by atoms with Crippen LogP contribution in [0.5, 0.6) is 0 Å². The molecule has 0 bridgehead atoms. The van der Waals surface area contributed by atoms with Crippen molar-refractivity contribution in [1.82, 2.24) is 10.9 Å². The second-order valence-corrected chi connectivity index (χ2v) is 2.78. The van der Waals surface area contributed by atoms with E-state index in [2.05, 4.69) is 22.1 Å². The largest absolute Gasteiger partial charge is 0.493 e. The normalized spacial score (nSPS) is 13.0. The van der Waals surface area contributed by atoms with Gasteiger partial charge in [-0.1, -0.05) is 6.58 Å². The number of rotatable bonds is 6. The lowest BCUT2D eigenvalue weighted by molar-refractivity contribution is -0.102. The monoisotopic (exact) mass is 243 g/mol. The fourth-order valence-electron chi connectivity index (χ4n) is 0.597. The van der Waals surface area contributed by atoms with Gasteiger partial charge in [0.2, 0.25) is 0 Å². The first-order valence-corrected chi connectivity index (χ1v) is 4.44. The highest BCUT2D eigenvalue weighted by Crippen LogP contribution is 1.95. The van der Waals surface area contributed by atoms with E-state index in [1.165, 1.54) is 25.8 Å². The molecule has 0 saturated heterocycles. The predicted molar refractivity (Wildman–Crippen MR) is 62.4 cm³/mol. The molecule has 94 valence electrons. The quantitative estimate of drug-likeness (QED) is 0.151. The van der Waals surface area contributed by atoms with Gasteiger partial charge in [-0.15, -0.1) is 14.7 Å². The summed E-state index contributed by atoms with van der Waals surface area (Å²) in [6.07, 6.45) is 1.61. The minimum atomic E-state index is -0.308. The molecule has 17 heavy (non-hydrogen) atoms. The van der Waals surface area contributed by atoms with Gasteiger partial charge in [0.1, 0.15) is 0 Å². The average Bonchev–Trinajstić information content (AvgIpc) is 2.36. The first-order valence-electron chi connectivity index (χ1n) is 4.44. The van der Waals surface area contributed by atoms with Gasteiger partial charge in [-0.3, -0.25) is 4.79 Å². The summed E-state index contributed by atoms with van der Waals surface area (Å²) in [5.74, 6) is -0.0696. The van der Waals surface area contributed by atoms with Crippen LogP contribution in [0, 0.1) is 0 Å². The van der Waals surface area contributed by atoms with Crippen molar-refractivity contribution < 1.29 is 14.0 Å². The van der Waals surface area contributed by atoms with Gasteiger partial charge in [0.05, 0.1) is 12.8 Å². The predicted octanol–water partition coefficient (Wildman–Crippen LogP) is -0.0589. The van der Waals surface area contributed by atoms with Crippen molar-refractivity contribution >= 4 is 18.0 Å². The molecule has 0 spiro atoms. The number of methoxy groups -OCH3 is 1. The molecule has 0 aromatic rings. The lowest BCUT2D eigenvalue weighted by Gasteiger charge is -2.07. The molecule has 0 heterocycles. The van der Waals surface area contributed by atoms with Crippen LogP contribution >= 0.6 is 0 Å². The summed E-state index contributed by atoms with van der Waals surface area (Å²) in [6, 6.07) is 0. The molecule has 0 amide bonds. The van der Waals surface area contributed by atoms with Crippen LogP contribution in [0.3, 0.4) is 0 Å². The van der Waals surface area contributed by atoms with Crippen LogP contribution in [-0.2, 0) is 9.53 Å². The number of amidine groups is 2. The lowest BCUT2D eigenvalue weighted by atomic mass is 10.4. The number of nitrogens with zero attached hydrogens (tertiary/aromatic N) is 2. The van der Waals surface area contributed by atoms with Gasteiger partial charge in [-0.05, 0) is 6.92 Å². The number of carbonyl (C=O) groups is 1. The minimum absolute atomic E-state index is 0.0897. The molecule has 0 unspecified atom stereocenters. The van der Waals surface area contributed by atoms with Gasteiger partial charge >= 0.3 is 0 Å². The SMILES string of the molecule is C=C(OC)/C(=N\N=C(/N)C=O)N/C=C(/C)NF. The van der Waals surface area contributed by atoms with Crippen LogP contribution in [0.4, 0.5) is 4.48 Å². The van der Waals surface area contributed by atoms with Crippen LogP contribution < -0.4 is 16.6 Å². The molecule has 0 fully saturated rings. The Hall–Kier alpha value is -2.38. The molecule has 0 radical (unpaired) electrons.